The van der Waals surface area contributed by atoms with Crippen LogP contribution in [0, 0.1) is 0 Å². The van der Waals surface area contributed by atoms with Gasteiger partial charge in [-0.25, -0.2) is 0 Å². The number of anilines is 1. The molecule has 0 amide bonds. The molecular weight excluding hydrogens is 218 g/mol. The molecule has 2 aromatic rings. The van der Waals surface area contributed by atoms with Crippen molar-refractivity contribution >= 4 is 5.95 Å². The third-order valence-electron chi connectivity index (χ3n) is 2.55. The number of aromatic nitrogens is 2. The molecule has 0 aliphatic rings. The Morgan fingerprint density at radius 2 is 2.06 bits per heavy atom. The van der Waals surface area contributed by atoms with Gasteiger partial charge in [-0.05, 0) is 37.2 Å². The fourth-order valence-electron chi connectivity index (χ4n) is 1.61. The largest absolute Gasteiger partial charge is 0.508 e. The Kier molecular flexibility index (Phi) is 3.27. The highest BCUT2D eigenvalue weighted by molar-refractivity contribution is 5.56. The first-order valence-electron chi connectivity index (χ1n) is 5.62. The van der Waals surface area contributed by atoms with E-state index in [9.17, 15) is 5.11 Å². The number of aromatic hydroxyl groups is 1. The predicted octanol–water partition coefficient (Wildman–Crippen LogP) is 2.29. The normalized spacial score (nSPS) is 10.5. The van der Waals surface area contributed by atoms with Crippen molar-refractivity contribution in [2.75, 3.05) is 18.0 Å². The van der Waals surface area contributed by atoms with Gasteiger partial charge < -0.3 is 14.5 Å². The van der Waals surface area contributed by atoms with Crippen LogP contribution in [0.3, 0.4) is 0 Å². The third-order valence-corrected chi connectivity index (χ3v) is 2.55. The fourth-order valence-corrected chi connectivity index (χ4v) is 1.61. The van der Waals surface area contributed by atoms with E-state index < -0.39 is 0 Å². The summed E-state index contributed by atoms with van der Waals surface area (Å²) in [7, 11) is 0. The van der Waals surface area contributed by atoms with Crippen LogP contribution in [0.2, 0.25) is 0 Å². The molecule has 2 rings (SSSR count). The molecule has 17 heavy (non-hydrogen) atoms. The van der Waals surface area contributed by atoms with Crippen LogP contribution in [-0.4, -0.2) is 28.3 Å². The average molecular weight is 233 g/mol. The molecule has 0 atom stereocenters. The summed E-state index contributed by atoms with van der Waals surface area (Å²) in [5.41, 5.74) is 0.718. The molecule has 0 aliphatic heterocycles. The van der Waals surface area contributed by atoms with Gasteiger partial charge in [0.2, 0.25) is 0 Å². The molecule has 5 nitrogen and oxygen atoms in total. The zero-order valence-electron chi connectivity index (χ0n) is 9.92. The molecule has 0 unspecified atom stereocenters. The van der Waals surface area contributed by atoms with Crippen molar-refractivity contribution < 1.29 is 9.63 Å². The molecule has 0 aliphatic carbocycles. The van der Waals surface area contributed by atoms with Gasteiger partial charge in [0, 0.05) is 18.7 Å². The van der Waals surface area contributed by atoms with Crippen LogP contribution in [-0.2, 0) is 0 Å². The van der Waals surface area contributed by atoms with Crippen LogP contribution in [0.15, 0.2) is 28.8 Å². The van der Waals surface area contributed by atoms with E-state index in [0.717, 1.165) is 18.7 Å². The van der Waals surface area contributed by atoms with E-state index in [0.29, 0.717) is 11.8 Å². The summed E-state index contributed by atoms with van der Waals surface area (Å²) in [5, 5.41) is 13.3. The molecule has 0 radical (unpaired) electrons. The molecular formula is C12H15N3O2. The molecule has 0 bridgehead atoms. The molecule has 0 saturated heterocycles. The summed E-state index contributed by atoms with van der Waals surface area (Å²) in [4.78, 5) is 6.30. The van der Waals surface area contributed by atoms with Crippen molar-refractivity contribution in [3.05, 3.63) is 24.3 Å². The van der Waals surface area contributed by atoms with E-state index in [1.165, 1.54) is 0 Å². The van der Waals surface area contributed by atoms with Crippen LogP contribution >= 0.6 is 0 Å². The van der Waals surface area contributed by atoms with Gasteiger partial charge in [-0.3, -0.25) is 0 Å². The standard InChI is InChI=1S/C12H15N3O2/c1-3-15(4-2)12-13-11(17-14-12)9-6-5-7-10(16)8-9/h5-8,16H,3-4H2,1-2H3. The first-order chi connectivity index (χ1) is 8.24. The van der Waals surface area contributed by atoms with Crippen molar-refractivity contribution in [2.24, 2.45) is 0 Å². The average Bonchev–Trinajstić information content (AvgIpc) is 2.80. The second kappa shape index (κ2) is 4.86. The summed E-state index contributed by atoms with van der Waals surface area (Å²) in [6, 6.07) is 6.76. The number of phenols is 1. The molecule has 0 saturated carbocycles. The molecule has 0 spiro atoms. The topological polar surface area (TPSA) is 62.4 Å². The van der Waals surface area contributed by atoms with Crippen LogP contribution in [0.5, 0.6) is 5.75 Å². The Morgan fingerprint density at radius 3 is 2.71 bits per heavy atom. The van der Waals surface area contributed by atoms with Crippen LogP contribution < -0.4 is 4.90 Å². The fraction of sp³-hybridized carbons (Fsp3) is 0.333. The highest BCUT2D eigenvalue weighted by Gasteiger charge is 2.12. The number of rotatable bonds is 4. The lowest BCUT2D eigenvalue weighted by Gasteiger charge is -2.14. The Bertz CT molecular complexity index is 492. The molecule has 90 valence electrons. The lowest BCUT2D eigenvalue weighted by molar-refractivity contribution is 0.428. The van der Waals surface area contributed by atoms with Gasteiger partial charge >= 0.3 is 0 Å². The molecule has 1 aromatic carbocycles. The van der Waals surface area contributed by atoms with Gasteiger partial charge in [0.25, 0.3) is 11.8 Å². The number of hydrogen-bond donors (Lipinski definition) is 1. The summed E-state index contributed by atoms with van der Waals surface area (Å²) >= 11 is 0. The first-order valence-corrected chi connectivity index (χ1v) is 5.62. The SMILES string of the molecule is CCN(CC)c1noc(-c2cccc(O)c2)n1. The number of benzene rings is 1. The van der Waals surface area contributed by atoms with Crippen LogP contribution in [0.25, 0.3) is 11.5 Å². The third kappa shape index (κ3) is 2.38. The Labute approximate surface area is 99.7 Å². The van der Waals surface area contributed by atoms with E-state index in [1.54, 1.807) is 18.2 Å². The summed E-state index contributed by atoms with van der Waals surface area (Å²) in [6.45, 7) is 5.73. The van der Waals surface area contributed by atoms with Crippen molar-refractivity contribution in [1.82, 2.24) is 10.1 Å². The van der Waals surface area contributed by atoms with Crippen molar-refractivity contribution in [3.63, 3.8) is 0 Å². The molecule has 5 heteroatoms. The minimum absolute atomic E-state index is 0.185. The second-order valence-electron chi connectivity index (χ2n) is 3.62. The molecule has 1 aromatic heterocycles. The molecule has 0 fully saturated rings. The van der Waals surface area contributed by atoms with Crippen molar-refractivity contribution in [1.29, 1.82) is 0 Å². The second-order valence-corrected chi connectivity index (χ2v) is 3.62. The van der Waals surface area contributed by atoms with Gasteiger partial charge in [0.05, 0.1) is 0 Å². The van der Waals surface area contributed by atoms with Gasteiger partial charge in [0.1, 0.15) is 5.75 Å². The zero-order valence-corrected chi connectivity index (χ0v) is 9.92. The maximum atomic E-state index is 9.38. The number of hydrogen-bond acceptors (Lipinski definition) is 5. The minimum Gasteiger partial charge on any atom is -0.508 e. The van der Waals surface area contributed by atoms with Gasteiger partial charge in [0.15, 0.2) is 0 Å². The minimum atomic E-state index is 0.185. The van der Waals surface area contributed by atoms with Crippen LogP contribution in [0.4, 0.5) is 5.95 Å². The monoisotopic (exact) mass is 233 g/mol. The van der Waals surface area contributed by atoms with E-state index >= 15 is 0 Å². The van der Waals surface area contributed by atoms with E-state index in [-0.39, 0.29) is 5.75 Å². The highest BCUT2D eigenvalue weighted by Crippen LogP contribution is 2.23. The van der Waals surface area contributed by atoms with Crippen molar-refractivity contribution in [3.8, 4) is 17.2 Å². The molecule has 1 N–H and O–H groups in total. The predicted molar refractivity (Wildman–Crippen MR) is 65.0 cm³/mol. The Balaban J connectivity index is 2.29. The quantitative estimate of drug-likeness (QED) is 0.877. The molecule has 1 heterocycles. The summed E-state index contributed by atoms with van der Waals surface area (Å²) in [5.74, 6) is 1.18. The Hall–Kier alpha value is -2.04. The first kappa shape index (κ1) is 11.4. The maximum Gasteiger partial charge on any atom is 0.266 e. The van der Waals surface area contributed by atoms with E-state index in [4.69, 9.17) is 4.52 Å². The number of phenolic OH excluding ortho intramolecular Hbond substituents is 1. The van der Waals surface area contributed by atoms with Crippen LogP contribution in [0.1, 0.15) is 13.8 Å². The van der Waals surface area contributed by atoms with Crippen molar-refractivity contribution in [2.45, 2.75) is 13.8 Å². The summed E-state index contributed by atoms with van der Waals surface area (Å²) < 4.78 is 5.18. The van der Waals surface area contributed by atoms with E-state index in [1.807, 2.05) is 24.8 Å². The van der Waals surface area contributed by atoms with Gasteiger partial charge in [-0.15, -0.1) is 0 Å². The summed E-state index contributed by atoms with van der Waals surface area (Å²) in [6.07, 6.45) is 0. The van der Waals surface area contributed by atoms with Gasteiger partial charge in [-0.2, -0.15) is 4.98 Å². The lowest BCUT2D eigenvalue weighted by Crippen LogP contribution is -2.22. The number of nitrogens with zero attached hydrogens (tertiary/aromatic N) is 3. The zero-order chi connectivity index (χ0) is 12.3. The van der Waals surface area contributed by atoms with E-state index in [2.05, 4.69) is 10.1 Å². The Morgan fingerprint density at radius 1 is 1.29 bits per heavy atom. The highest BCUT2D eigenvalue weighted by atomic mass is 16.5. The smallest absolute Gasteiger partial charge is 0.266 e. The van der Waals surface area contributed by atoms with Gasteiger partial charge in [-0.1, -0.05) is 6.07 Å². The lowest BCUT2D eigenvalue weighted by atomic mass is 10.2. The maximum absolute atomic E-state index is 9.38.